The molecule has 1 amide bonds. The summed E-state index contributed by atoms with van der Waals surface area (Å²) in [5.74, 6) is -0.447. The number of pyridine rings is 1. The lowest BCUT2D eigenvalue weighted by Crippen LogP contribution is -2.50. The lowest BCUT2D eigenvalue weighted by Gasteiger charge is -2.39. The van der Waals surface area contributed by atoms with E-state index in [1.807, 2.05) is 4.90 Å². The van der Waals surface area contributed by atoms with Gasteiger partial charge in [0.05, 0.1) is 24.2 Å². The van der Waals surface area contributed by atoms with Crippen LogP contribution in [0.3, 0.4) is 0 Å². The molecule has 0 radical (unpaired) electrons. The van der Waals surface area contributed by atoms with Crippen molar-refractivity contribution in [2.75, 3.05) is 38.3 Å². The third-order valence-electron chi connectivity index (χ3n) is 4.67. The SMILES string of the molecule is COC(=O)c1cnc(N2CCC(N3CCCOC3=O)CC2)c([N+](=O)[O-])c1. The van der Waals surface area contributed by atoms with Crippen molar-refractivity contribution in [3.05, 3.63) is 27.9 Å². The van der Waals surface area contributed by atoms with Crippen molar-refractivity contribution in [2.24, 2.45) is 0 Å². The molecule has 0 bridgehead atoms. The number of hydrogen-bond donors (Lipinski definition) is 0. The van der Waals surface area contributed by atoms with Gasteiger partial charge in [0.25, 0.3) is 0 Å². The second-order valence-electron chi connectivity index (χ2n) is 6.19. The summed E-state index contributed by atoms with van der Waals surface area (Å²) in [6.07, 6.45) is 3.15. The van der Waals surface area contributed by atoms with Gasteiger partial charge in [0, 0.05) is 37.9 Å². The van der Waals surface area contributed by atoms with Crippen LogP contribution in [0.5, 0.6) is 0 Å². The Hall–Kier alpha value is -2.91. The monoisotopic (exact) mass is 364 g/mol. The topological polar surface area (TPSA) is 115 Å². The van der Waals surface area contributed by atoms with E-state index in [2.05, 4.69) is 9.72 Å². The second-order valence-corrected chi connectivity index (χ2v) is 6.19. The number of methoxy groups -OCH3 is 1. The van der Waals surface area contributed by atoms with Crippen LogP contribution in [0.1, 0.15) is 29.6 Å². The predicted octanol–water partition coefficient (Wildman–Crippen LogP) is 1.59. The number of rotatable bonds is 4. The molecule has 0 aromatic carbocycles. The third-order valence-corrected chi connectivity index (χ3v) is 4.67. The van der Waals surface area contributed by atoms with Crippen LogP contribution in [-0.4, -0.2) is 66.3 Å². The fraction of sp³-hybridized carbons (Fsp3) is 0.562. The smallest absolute Gasteiger partial charge is 0.410 e. The molecular formula is C16H20N4O6. The molecule has 26 heavy (non-hydrogen) atoms. The maximum Gasteiger partial charge on any atom is 0.410 e. The van der Waals surface area contributed by atoms with Gasteiger partial charge in [-0.2, -0.15) is 0 Å². The summed E-state index contributed by atoms with van der Waals surface area (Å²) in [5, 5.41) is 11.4. The van der Waals surface area contributed by atoms with E-state index in [0.29, 0.717) is 39.1 Å². The summed E-state index contributed by atoms with van der Waals surface area (Å²) >= 11 is 0. The number of nitro groups is 1. The summed E-state index contributed by atoms with van der Waals surface area (Å²) in [6.45, 7) is 2.19. The van der Waals surface area contributed by atoms with Crippen LogP contribution in [0.25, 0.3) is 0 Å². The van der Waals surface area contributed by atoms with E-state index < -0.39 is 10.9 Å². The first-order valence-electron chi connectivity index (χ1n) is 8.42. The van der Waals surface area contributed by atoms with Crippen LogP contribution >= 0.6 is 0 Å². The molecule has 2 aliphatic rings. The van der Waals surface area contributed by atoms with E-state index in [1.165, 1.54) is 19.4 Å². The Morgan fingerprint density at radius 3 is 2.73 bits per heavy atom. The van der Waals surface area contributed by atoms with Gasteiger partial charge in [-0.1, -0.05) is 0 Å². The zero-order valence-electron chi connectivity index (χ0n) is 14.4. The van der Waals surface area contributed by atoms with Crippen LogP contribution in [0, 0.1) is 10.1 Å². The number of carbonyl (C=O) groups excluding carboxylic acids is 2. The van der Waals surface area contributed by atoms with Crippen molar-refractivity contribution < 1.29 is 24.0 Å². The first kappa shape index (κ1) is 17.9. The van der Waals surface area contributed by atoms with Crippen molar-refractivity contribution in [2.45, 2.75) is 25.3 Å². The van der Waals surface area contributed by atoms with Gasteiger partial charge in [-0.15, -0.1) is 0 Å². The number of amides is 1. The van der Waals surface area contributed by atoms with Gasteiger partial charge in [-0.25, -0.2) is 14.6 Å². The lowest BCUT2D eigenvalue weighted by molar-refractivity contribution is -0.384. The lowest BCUT2D eigenvalue weighted by atomic mass is 10.0. The van der Waals surface area contributed by atoms with Crippen LogP contribution in [0.4, 0.5) is 16.3 Å². The van der Waals surface area contributed by atoms with Gasteiger partial charge in [0.15, 0.2) is 0 Å². The number of esters is 1. The molecule has 3 rings (SSSR count). The van der Waals surface area contributed by atoms with E-state index >= 15 is 0 Å². The summed E-state index contributed by atoms with van der Waals surface area (Å²) in [5.41, 5.74) is -0.197. The Morgan fingerprint density at radius 2 is 2.12 bits per heavy atom. The fourth-order valence-corrected chi connectivity index (χ4v) is 3.34. The van der Waals surface area contributed by atoms with Crippen molar-refractivity contribution in [3.8, 4) is 0 Å². The predicted molar refractivity (Wildman–Crippen MR) is 90.1 cm³/mol. The zero-order chi connectivity index (χ0) is 18.7. The van der Waals surface area contributed by atoms with Gasteiger partial charge in [-0.05, 0) is 19.3 Å². The minimum absolute atomic E-state index is 0.0360. The number of ether oxygens (including phenoxy) is 2. The zero-order valence-corrected chi connectivity index (χ0v) is 14.4. The number of hydrogen-bond acceptors (Lipinski definition) is 8. The Balaban J connectivity index is 1.73. The Kier molecular flexibility index (Phi) is 5.19. The number of anilines is 1. The molecule has 0 aliphatic carbocycles. The number of carbonyl (C=O) groups is 2. The third kappa shape index (κ3) is 3.53. The highest BCUT2D eigenvalue weighted by molar-refractivity contribution is 5.90. The van der Waals surface area contributed by atoms with Crippen molar-refractivity contribution in [1.29, 1.82) is 0 Å². The highest BCUT2D eigenvalue weighted by Crippen LogP contribution is 2.30. The van der Waals surface area contributed by atoms with Crippen LogP contribution in [0.2, 0.25) is 0 Å². The molecule has 0 atom stereocenters. The highest BCUT2D eigenvalue weighted by atomic mass is 16.6. The molecule has 3 heterocycles. The van der Waals surface area contributed by atoms with E-state index in [1.54, 1.807) is 4.90 Å². The minimum Gasteiger partial charge on any atom is -0.465 e. The molecule has 2 aliphatic heterocycles. The average Bonchev–Trinajstić information content (AvgIpc) is 2.67. The molecule has 0 spiro atoms. The van der Waals surface area contributed by atoms with Crippen LogP contribution < -0.4 is 4.90 Å². The summed E-state index contributed by atoms with van der Waals surface area (Å²) in [4.78, 5) is 42.0. The van der Waals surface area contributed by atoms with Gasteiger partial charge in [-0.3, -0.25) is 10.1 Å². The molecule has 140 valence electrons. The summed E-state index contributed by atoms with van der Waals surface area (Å²) < 4.78 is 9.66. The molecule has 10 heteroatoms. The van der Waals surface area contributed by atoms with Crippen molar-refractivity contribution >= 4 is 23.6 Å². The molecule has 10 nitrogen and oxygen atoms in total. The van der Waals surface area contributed by atoms with Gasteiger partial charge in [0.2, 0.25) is 5.82 Å². The Bertz CT molecular complexity index is 717. The molecule has 0 N–H and O–H groups in total. The van der Waals surface area contributed by atoms with Crippen molar-refractivity contribution in [1.82, 2.24) is 9.88 Å². The fourth-order valence-electron chi connectivity index (χ4n) is 3.34. The van der Waals surface area contributed by atoms with E-state index in [9.17, 15) is 19.7 Å². The quantitative estimate of drug-likeness (QED) is 0.449. The highest BCUT2D eigenvalue weighted by Gasteiger charge is 2.33. The first-order valence-corrected chi connectivity index (χ1v) is 8.42. The average molecular weight is 364 g/mol. The van der Waals surface area contributed by atoms with Crippen molar-refractivity contribution in [3.63, 3.8) is 0 Å². The van der Waals surface area contributed by atoms with Crippen LogP contribution in [-0.2, 0) is 9.47 Å². The Morgan fingerprint density at radius 1 is 1.38 bits per heavy atom. The summed E-state index contributed by atoms with van der Waals surface area (Å²) in [6, 6.07) is 1.25. The second kappa shape index (κ2) is 7.54. The Labute approximate surface area is 149 Å². The molecule has 2 fully saturated rings. The standard InChI is InChI=1S/C16H20N4O6/c1-25-15(21)11-9-13(20(23)24)14(17-10-11)18-6-3-12(4-7-18)19-5-2-8-26-16(19)22/h9-10,12H,2-8H2,1H3. The molecule has 1 aromatic rings. The summed E-state index contributed by atoms with van der Waals surface area (Å²) in [7, 11) is 1.21. The van der Waals surface area contributed by atoms with Gasteiger partial charge >= 0.3 is 17.7 Å². The maximum absolute atomic E-state index is 11.9. The number of cyclic esters (lactones) is 1. The van der Waals surface area contributed by atoms with E-state index in [0.717, 1.165) is 6.42 Å². The number of piperidine rings is 1. The molecule has 1 aromatic heterocycles. The van der Waals surface area contributed by atoms with Gasteiger partial charge < -0.3 is 19.3 Å². The largest absolute Gasteiger partial charge is 0.465 e. The van der Waals surface area contributed by atoms with E-state index in [-0.39, 0.29) is 29.2 Å². The van der Waals surface area contributed by atoms with Gasteiger partial charge in [0.1, 0.15) is 0 Å². The minimum atomic E-state index is -0.672. The number of aromatic nitrogens is 1. The molecule has 2 saturated heterocycles. The molecule has 0 unspecified atom stereocenters. The van der Waals surface area contributed by atoms with E-state index in [4.69, 9.17) is 4.74 Å². The molecular weight excluding hydrogens is 344 g/mol. The van der Waals surface area contributed by atoms with Crippen LogP contribution in [0.15, 0.2) is 12.3 Å². The first-order chi connectivity index (χ1) is 12.5. The number of nitrogens with zero attached hydrogens (tertiary/aromatic N) is 4. The normalized spacial score (nSPS) is 18.4. The maximum atomic E-state index is 11.9. The molecule has 0 saturated carbocycles.